The molecule has 2 aliphatic rings. The monoisotopic (exact) mass is 352 g/mol. The summed E-state index contributed by atoms with van der Waals surface area (Å²) < 4.78 is 5.15. The smallest absolute Gasteiger partial charge is 0.254 e. The molecule has 0 saturated carbocycles. The van der Waals surface area contributed by atoms with Crippen molar-refractivity contribution in [1.29, 1.82) is 0 Å². The van der Waals surface area contributed by atoms with Crippen molar-refractivity contribution >= 4 is 17.5 Å². The van der Waals surface area contributed by atoms with Crippen LogP contribution in [0.5, 0.6) is 0 Å². The molecule has 9 nitrogen and oxygen atoms in total. The summed E-state index contributed by atoms with van der Waals surface area (Å²) >= 11 is 0. The lowest BCUT2D eigenvalue weighted by molar-refractivity contribution is -0.279. The fourth-order valence-electron chi connectivity index (χ4n) is 3.04. The van der Waals surface area contributed by atoms with Crippen LogP contribution in [0.3, 0.4) is 0 Å². The summed E-state index contributed by atoms with van der Waals surface area (Å²) in [7, 11) is 0. The zero-order valence-electron chi connectivity index (χ0n) is 13.4. The van der Waals surface area contributed by atoms with Gasteiger partial charge in [-0.15, -0.1) is 0 Å². The molecule has 1 fully saturated rings. The highest BCUT2D eigenvalue weighted by Crippen LogP contribution is 2.27. The Labute approximate surface area is 143 Å². The summed E-state index contributed by atoms with van der Waals surface area (Å²) in [5, 5.41) is 41.7. The Kier molecular flexibility index (Phi) is 4.76. The van der Waals surface area contributed by atoms with Crippen LogP contribution in [-0.2, 0) is 9.53 Å². The molecular formula is C16H20N2O7. The highest BCUT2D eigenvalue weighted by Gasteiger charge is 2.45. The molecule has 2 unspecified atom stereocenters. The van der Waals surface area contributed by atoms with Crippen LogP contribution in [0.2, 0.25) is 0 Å². The summed E-state index contributed by atoms with van der Waals surface area (Å²) in [5.74, 6) is -0.830. The van der Waals surface area contributed by atoms with Gasteiger partial charge in [0.05, 0.1) is 17.8 Å². The normalized spacial score (nSPS) is 35.8. The average Bonchev–Trinajstić information content (AvgIpc) is 2.68. The average molecular weight is 352 g/mol. The van der Waals surface area contributed by atoms with E-state index < -0.39 is 48.6 Å². The van der Waals surface area contributed by atoms with Gasteiger partial charge in [-0.2, -0.15) is 0 Å². The summed E-state index contributed by atoms with van der Waals surface area (Å²) in [6, 6.07) is 5.66. The standard InChI is InChI=1S/C16H20N2O7/c1-7-15(23)18(9-5-3-2-4-8(9)14(22)17-7)6-10-11(19)12(20)13(21)16(24)25-10/h2-5,7,10-13,16,19-21,24H,6H2,1H3,(H,17,22)/t7?,10-,11-,12+,13-,16?/m1/s1. The van der Waals surface area contributed by atoms with Gasteiger partial charge in [0, 0.05) is 0 Å². The van der Waals surface area contributed by atoms with Crippen molar-refractivity contribution in [3.63, 3.8) is 0 Å². The number of nitrogens with zero attached hydrogens (tertiary/aromatic N) is 1. The summed E-state index contributed by atoms with van der Waals surface area (Å²) in [4.78, 5) is 26.2. The number of nitrogens with one attached hydrogen (secondary N) is 1. The number of aliphatic hydroxyl groups excluding tert-OH is 4. The van der Waals surface area contributed by atoms with Gasteiger partial charge in [0.25, 0.3) is 5.91 Å². The predicted molar refractivity (Wildman–Crippen MR) is 84.6 cm³/mol. The van der Waals surface area contributed by atoms with E-state index in [1.807, 2.05) is 0 Å². The molecule has 1 saturated heterocycles. The largest absolute Gasteiger partial charge is 0.388 e. The van der Waals surface area contributed by atoms with Crippen LogP contribution in [-0.4, -0.2) is 75.5 Å². The summed E-state index contributed by atoms with van der Waals surface area (Å²) in [5.41, 5.74) is 0.617. The third-order valence-corrected chi connectivity index (χ3v) is 4.47. The third kappa shape index (κ3) is 3.12. The van der Waals surface area contributed by atoms with E-state index in [4.69, 9.17) is 4.74 Å². The summed E-state index contributed by atoms with van der Waals surface area (Å²) in [6.07, 6.45) is -7.63. The molecule has 0 aliphatic carbocycles. The van der Waals surface area contributed by atoms with Gasteiger partial charge in [-0.05, 0) is 19.1 Å². The van der Waals surface area contributed by atoms with Crippen LogP contribution in [0.4, 0.5) is 5.69 Å². The maximum atomic E-state index is 12.7. The number of fused-ring (bicyclic) bond motifs is 1. The van der Waals surface area contributed by atoms with E-state index in [0.717, 1.165) is 0 Å². The molecule has 1 aromatic carbocycles. The number of para-hydroxylation sites is 1. The van der Waals surface area contributed by atoms with Crippen molar-refractivity contribution in [1.82, 2.24) is 5.32 Å². The molecule has 2 heterocycles. The molecule has 0 aromatic heterocycles. The van der Waals surface area contributed by atoms with Crippen LogP contribution in [0.1, 0.15) is 17.3 Å². The van der Waals surface area contributed by atoms with Crippen LogP contribution < -0.4 is 10.2 Å². The molecule has 2 aliphatic heterocycles. The minimum atomic E-state index is -1.70. The SMILES string of the molecule is CC1NC(=O)c2ccccc2N(C[C@H]2OC(O)[C@H](O)[C@@H](O)[C@@H]2O)C1=O. The summed E-state index contributed by atoms with van der Waals surface area (Å²) in [6.45, 7) is 1.32. The molecule has 5 N–H and O–H groups in total. The maximum Gasteiger partial charge on any atom is 0.254 e. The number of hydrogen-bond donors (Lipinski definition) is 5. The van der Waals surface area contributed by atoms with E-state index >= 15 is 0 Å². The number of benzene rings is 1. The molecule has 0 spiro atoms. The second-order valence-electron chi connectivity index (χ2n) is 6.20. The zero-order valence-corrected chi connectivity index (χ0v) is 13.4. The predicted octanol–water partition coefficient (Wildman–Crippen LogP) is -2.05. The van der Waals surface area contributed by atoms with Gasteiger partial charge in [0.15, 0.2) is 6.29 Å². The Balaban J connectivity index is 1.93. The second kappa shape index (κ2) is 6.70. The molecule has 25 heavy (non-hydrogen) atoms. The topological polar surface area (TPSA) is 140 Å². The minimum absolute atomic E-state index is 0.211. The number of carbonyl (C=O) groups excluding carboxylic acids is 2. The fraction of sp³-hybridized carbons (Fsp3) is 0.500. The number of hydrogen-bond acceptors (Lipinski definition) is 7. The number of rotatable bonds is 2. The Morgan fingerprint density at radius 1 is 1.08 bits per heavy atom. The van der Waals surface area contributed by atoms with Crippen molar-refractivity contribution in [3.05, 3.63) is 29.8 Å². The van der Waals surface area contributed by atoms with Crippen molar-refractivity contribution in [3.8, 4) is 0 Å². The molecule has 1 aromatic rings. The van der Waals surface area contributed by atoms with E-state index in [-0.39, 0.29) is 12.1 Å². The molecule has 2 amide bonds. The molecule has 9 heteroatoms. The first kappa shape index (κ1) is 17.8. The van der Waals surface area contributed by atoms with E-state index in [9.17, 15) is 30.0 Å². The second-order valence-corrected chi connectivity index (χ2v) is 6.20. The number of carbonyl (C=O) groups is 2. The number of ether oxygens (including phenoxy) is 1. The van der Waals surface area contributed by atoms with Gasteiger partial charge >= 0.3 is 0 Å². The fourth-order valence-corrected chi connectivity index (χ4v) is 3.04. The first-order valence-corrected chi connectivity index (χ1v) is 7.90. The van der Waals surface area contributed by atoms with Crippen LogP contribution in [0.15, 0.2) is 24.3 Å². The highest BCUT2D eigenvalue weighted by atomic mass is 16.6. The number of aliphatic hydroxyl groups is 4. The Bertz CT molecular complexity index is 682. The highest BCUT2D eigenvalue weighted by molar-refractivity contribution is 6.10. The van der Waals surface area contributed by atoms with Gasteiger partial charge in [-0.3, -0.25) is 9.59 Å². The zero-order chi connectivity index (χ0) is 18.3. The Morgan fingerprint density at radius 2 is 1.76 bits per heavy atom. The minimum Gasteiger partial charge on any atom is -0.388 e. The van der Waals surface area contributed by atoms with Crippen LogP contribution in [0, 0.1) is 0 Å². The molecule has 0 radical (unpaired) electrons. The van der Waals surface area contributed by atoms with E-state index in [1.165, 1.54) is 11.8 Å². The lowest BCUT2D eigenvalue weighted by atomic mass is 9.98. The van der Waals surface area contributed by atoms with Gasteiger partial charge in [-0.25, -0.2) is 0 Å². The molecule has 0 bridgehead atoms. The van der Waals surface area contributed by atoms with Crippen LogP contribution in [0.25, 0.3) is 0 Å². The van der Waals surface area contributed by atoms with Crippen molar-refractivity contribution < 1.29 is 34.8 Å². The molecule has 3 rings (SSSR count). The van der Waals surface area contributed by atoms with E-state index in [0.29, 0.717) is 5.69 Å². The van der Waals surface area contributed by atoms with Crippen molar-refractivity contribution in [2.75, 3.05) is 11.4 Å². The lowest BCUT2D eigenvalue weighted by Gasteiger charge is -2.40. The van der Waals surface area contributed by atoms with Gasteiger partial charge in [0.2, 0.25) is 5.91 Å². The lowest BCUT2D eigenvalue weighted by Crippen LogP contribution is -2.61. The Hall–Kier alpha value is -2.04. The van der Waals surface area contributed by atoms with E-state index in [1.54, 1.807) is 24.3 Å². The quantitative estimate of drug-likeness (QED) is 0.413. The van der Waals surface area contributed by atoms with Gasteiger partial charge in [0.1, 0.15) is 30.5 Å². The van der Waals surface area contributed by atoms with Crippen LogP contribution >= 0.6 is 0 Å². The van der Waals surface area contributed by atoms with Gasteiger partial charge in [-0.1, -0.05) is 12.1 Å². The molecular weight excluding hydrogens is 332 g/mol. The number of anilines is 1. The maximum absolute atomic E-state index is 12.7. The third-order valence-electron chi connectivity index (χ3n) is 4.47. The first-order valence-electron chi connectivity index (χ1n) is 7.90. The molecule has 136 valence electrons. The van der Waals surface area contributed by atoms with Crippen molar-refractivity contribution in [2.24, 2.45) is 0 Å². The van der Waals surface area contributed by atoms with Crippen molar-refractivity contribution in [2.45, 2.75) is 43.7 Å². The first-order chi connectivity index (χ1) is 11.8. The number of amides is 2. The Morgan fingerprint density at radius 3 is 2.48 bits per heavy atom. The van der Waals surface area contributed by atoms with Gasteiger partial charge < -0.3 is 35.4 Å². The van der Waals surface area contributed by atoms with E-state index in [2.05, 4.69) is 5.32 Å². The molecule has 6 atom stereocenters.